The largest absolute Gasteiger partial charge is 0.358 e. The van der Waals surface area contributed by atoms with Crippen molar-refractivity contribution >= 4 is 34.4 Å². The molecule has 18 heavy (non-hydrogen) atoms. The number of nitrogens with one attached hydrogen (secondary N) is 2. The van der Waals surface area contributed by atoms with Gasteiger partial charge in [-0.15, -0.1) is 17.8 Å². The lowest BCUT2D eigenvalue weighted by Crippen LogP contribution is -2.27. The highest BCUT2D eigenvalue weighted by Gasteiger charge is 1.98. The zero-order valence-corrected chi connectivity index (χ0v) is 11.3. The predicted octanol–water partition coefficient (Wildman–Crippen LogP) is 3.22. The van der Waals surface area contributed by atoms with Crippen molar-refractivity contribution in [3.05, 3.63) is 52.2 Å². The van der Waals surface area contributed by atoms with Crippen LogP contribution in [0.5, 0.6) is 0 Å². The molecule has 2 N–H and O–H groups in total. The molecule has 0 unspecified atom stereocenters. The maximum Gasteiger partial charge on any atom is 0.171 e. The maximum atomic E-state index is 5.30. The van der Waals surface area contributed by atoms with Gasteiger partial charge in [-0.1, -0.05) is 12.0 Å². The van der Waals surface area contributed by atoms with Crippen LogP contribution in [0.4, 0.5) is 5.69 Å². The third kappa shape index (κ3) is 3.59. The van der Waals surface area contributed by atoms with Crippen LogP contribution in [-0.2, 0) is 6.54 Å². The Hall–Kier alpha value is -1.83. The van der Waals surface area contributed by atoms with Crippen LogP contribution in [0.25, 0.3) is 0 Å². The first-order chi connectivity index (χ1) is 8.78. The highest BCUT2D eigenvalue weighted by Crippen LogP contribution is 2.10. The summed E-state index contributed by atoms with van der Waals surface area (Å²) in [5.41, 5.74) is 1.79. The molecule has 0 saturated carbocycles. The number of benzene rings is 1. The van der Waals surface area contributed by atoms with Gasteiger partial charge in [0.2, 0.25) is 0 Å². The summed E-state index contributed by atoms with van der Waals surface area (Å²) in [6.45, 7) is 0.742. The van der Waals surface area contributed by atoms with Gasteiger partial charge in [-0.25, -0.2) is 0 Å². The molecule has 0 aliphatic rings. The van der Waals surface area contributed by atoms with E-state index in [1.165, 1.54) is 4.88 Å². The van der Waals surface area contributed by atoms with Crippen LogP contribution in [0.1, 0.15) is 10.4 Å². The molecule has 2 rings (SSSR count). The fraction of sp³-hybridized carbons (Fsp3) is 0.0714. The van der Waals surface area contributed by atoms with Crippen LogP contribution in [0.15, 0.2) is 41.8 Å². The van der Waals surface area contributed by atoms with E-state index in [4.69, 9.17) is 18.6 Å². The minimum absolute atomic E-state index is 0.608. The van der Waals surface area contributed by atoms with Gasteiger partial charge < -0.3 is 10.6 Å². The van der Waals surface area contributed by atoms with E-state index in [0.717, 1.165) is 17.8 Å². The van der Waals surface area contributed by atoms with Crippen molar-refractivity contribution < 1.29 is 0 Å². The van der Waals surface area contributed by atoms with Crippen LogP contribution in [0, 0.1) is 12.3 Å². The average Bonchev–Trinajstić information content (AvgIpc) is 2.90. The number of hydrogen-bond donors (Lipinski definition) is 2. The zero-order chi connectivity index (χ0) is 12.8. The Kier molecular flexibility index (Phi) is 4.35. The molecule has 90 valence electrons. The molecule has 4 heteroatoms. The minimum atomic E-state index is 0.608. The van der Waals surface area contributed by atoms with Crippen molar-refractivity contribution in [1.82, 2.24) is 5.32 Å². The second kappa shape index (κ2) is 6.20. The van der Waals surface area contributed by atoms with E-state index in [1.54, 1.807) is 11.3 Å². The molecule has 1 heterocycles. The minimum Gasteiger partial charge on any atom is -0.358 e. The van der Waals surface area contributed by atoms with Gasteiger partial charge in [-0.3, -0.25) is 0 Å². The summed E-state index contributed by atoms with van der Waals surface area (Å²) in [7, 11) is 0. The summed E-state index contributed by atoms with van der Waals surface area (Å²) in [6, 6.07) is 11.7. The highest BCUT2D eigenvalue weighted by molar-refractivity contribution is 7.80. The highest BCUT2D eigenvalue weighted by atomic mass is 32.1. The third-order valence-electron chi connectivity index (χ3n) is 2.31. The fourth-order valence-electron chi connectivity index (χ4n) is 1.41. The summed E-state index contributed by atoms with van der Waals surface area (Å²) in [5.74, 6) is 2.58. The van der Waals surface area contributed by atoms with E-state index in [9.17, 15) is 0 Å². The van der Waals surface area contributed by atoms with E-state index >= 15 is 0 Å². The van der Waals surface area contributed by atoms with E-state index in [0.29, 0.717) is 5.11 Å². The van der Waals surface area contributed by atoms with Crippen molar-refractivity contribution in [3.8, 4) is 12.3 Å². The summed E-state index contributed by atoms with van der Waals surface area (Å²) in [4.78, 5) is 1.25. The molecule has 1 aromatic heterocycles. The molecule has 2 nitrogen and oxygen atoms in total. The lowest BCUT2D eigenvalue weighted by atomic mass is 10.2. The van der Waals surface area contributed by atoms with Gasteiger partial charge in [0.15, 0.2) is 5.11 Å². The molecule has 2 aromatic rings. The Morgan fingerprint density at radius 1 is 1.28 bits per heavy atom. The van der Waals surface area contributed by atoms with Gasteiger partial charge in [-0.2, -0.15) is 0 Å². The van der Waals surface area contributed by atoms with Crippen molar-refractivity contribution in [3.63, 3.8) is 0 Å². The van der Waals surface area contributed by atoms with E-state index in [-0.39, 0.29) is 0 Å². The Morgan fingerprint density at radius 2 is 2.06 bits per heavy atom. The number of thiocarbonyl (C=S) groups is 1. The van der Waals surface area contributed by atoms with Crippen LogP contribution in [0.3, 0.4) is 0 Å². The molecule has 0 aliphatic heterocycles. The molecular formula is C14H12N2S2. The first-order valence-electron chi connectivity index (χ1n) is 5.42. The first kappa shape index (κ1) is 12.6. The summed E-state index contributed by atoms with van der Waals surface area (Å²) in [6.07, 6.45) is 5.30. The van der Waals surface area contributed by atoms with Crippen molar-refractivity contribution in [1.29, 1.82) is 0 Å². The van der Waals surface area contributed by atoms with Gasteiger partial charge in [0.05, 0.1) is 6.54 Å². The first-order valence-corrected chi connectivity index (χ1v) is 6.70. The smallest absolute Gasteiger partial charge is 0.171 e. The molecule has 1 aromatic carbocycles. The molecule has 0 saturated heterocycles. The van der Waals surface area contributed by atoms with E-state index in [1.807, 2.05) is 35.7 Å². The normalized spacial score (nSPS) is 9.50. The Morgan fingerprint density at radius 3 is 2.67 bits per heavy atom. The van der Waals surface area contributed by atoms with Gasteiger partial charge in [0.1, 0.15) is 0 Å². The SMILES string of the molecule is C#Cc1ccc(NC(=S)NCc2cccs2)cc1. The van der Waals surface area contributed by atoms with Gasteiger partial charge in [0, 0.05) is 16.1 Å². The lowest BCUT2D eigenvalue weighted by Gasteiger charge is -2.09. The molecule has 0 spiro atoms. The van der Waals surface area contributed by atoms with Crippen LogP contribution in [-0.4, -0.2) is 5.11 Å². The Bertz CT molecular complexity index is 550. The molecular weight excluding hydrogens is 260 g/mol. The van der Waals surface area contributed by atoms with Crippen LogP contribution in [0.2, 0.25) is 0 Å². The number of anilines is 1. The van der Waals surface area contributed by atoms with Crippen molar-refractivity contribution in [2.45, 2.75) is 6.54 Å². The molecule has 0 fully saturated rings. The summed E-state index contributed by atoms with van der Waals surface area (Å²) < 4.78 is 0. The van der Waals surface area contributed by atoms with Crippen molar-refractivity contribution in [2.75, 3.05) is 5.32 Å². The van der Waals surface area contributed by atoms with Crippen molar-refractivity contribution in [2.24, 2.45) is 0 Å². The average molecular weight is 272 g/mol. The Labute approximate surface area is 116 Å². The van der Waals surface area contributed by atoms with Crippen LogP contribution < -0.4 is 10.6 Å². The maximum absolute atomic E-state index is 5.30. The van der Waals surface area contributed by atoms with E-state index < -0.39 is 0 Å². The van der Waals surface area contributed by atoms with Crippen LogP contribution >= 0.6 is 23.6 Å². The quantitative estimate of drug-likeness (QED) is 0.663. The Balaban J connectivity index is 1.85. The number of rotatable bonds is 3. The summed E-state index contributed by atoms with van der Waals surface area (Å²) in [5, 5.41) is 8.92. The zero-order valence-electron chi connectivity index (χ0n) is 9.64. The standard InChI is InChI=1S/C14H12N2S2/c1-2-11-5-7-12(8-6-11)16-14(17)15-10-13-4-3-9-18-13/h1,3-9H,10H2,(H2,15,16,17). The monoisotopic (exact) mass is 272 g/mol. The summed E-state index contributed by atoms with van der Waals surface area (Å²) >= 11 is 6.92. The fourth-order valence-corrected chi connectivity index (χ4v) is 2.24. The molecule has 0 aliphatic carbocycles. The van der Waals surface area contributed by atoms with Gasteiger partial charge in [0.25, 0.3) is 0 Å². The second-order valence-electron chi connectivity index (χ2n) is 3.61. The third-order valence-corrected chi connectivity index (χ3v) is 3.44. The molecule has 0 amide bonds. The predicted molar refractivity (Wildman–Crippen MR) is 81.8 cm³/mol. The van der Waals surface area contributed by atoms with Gasteiger partial charge in [-0.05, 0) is 47.9 Å². The number of thiophene rings is 1. The van der Waals surface area contributed by atoms with E-state index in [2.05, 4.69) is 22.6 Å². The second-order valence-corrected chi connectivity index (χ2v) is 5.05. The molecule has 0 atom stereocenters. The van der Waals surface area contributed by atoms with Gasteiger partial charge >= 0.3 is 0 Å². The topological polar surface area (TPSA) is 24.1 Å². The number of terminal acetylenes is 1. The molecule has 0 bridgehead atoms. The number of hydrogen-bond acceptors (Lipinski definition) is 2. The lowest BCUT2D eigenvalue weighted by molar-refractivity contribution is 0.946. The molecule has 0 radical (unpaired) electrons.